The monoisotopic (exact) mass is 431 g/mol. The number of piperazine rings is 1. The Labute approximate surface area is 185 Å². The van der Waals surface area contributed by atoms with E-state index in [0.717, 1.165) is 30.0 Å². The van der Waals surface area contributed by atoms with E-state index in [9.17, 15) is 5.11 Å². The van der Waals surface area contributed by atoms with Crippen molar-refractivity contribution in [2.24, 2.45) is 0 Å². The molecule has 10 nitrogen and oxygen atoms in total. The van der Waals surface area contributed by atoms with Gasteiger partial charge in [0.05, 0.1) is 23.8 Å². The van der Waals surface area contributed by atoms with Crippen LogP contribution in [0.25, 0.3) is 28.2 Å². The van der Waals surface area contributed by atoms with Gasteiger partial charge in [-0.15, -0.1) is 10.2 Å². The highest BCUT2D eigenvalue weighted by atomic mass is 16.3. The highest BCUT2D eigenvalue weighted by molar-refractivity contribution is 5.72. The first kappa shape index (κ1) is 20.3. The van der Waals surface area contributed by atoms with Crippen LogP contribution in [0.5, 0.6) is 5.75 Å². The minimum absolute atomic E-state index is 0.0880. The Balaban J connectivity index is 1.42. The average molecular weight is 432 g/mol. The van der Waals surface area contributed by atoms with Gasteiger partial charge in [0.25, 0.3) is 0 Å². The number of fused-ring (bicyclic) bond motifs is 1. The molecule has 5 rings (SSSR count). The van der Waals surface area contributed by atoms with Gasteiger partial charge in [0, 0.05) is 36.3 Å². The largest absolute Gasteiger partial charge is 0.507 e. The van der Waals surface area contributed by atoms with E-state index in [0.29, 0.717) is 40.8 Å². The number of aryl methyl sites for hydroxylation is 2. The molecule has 1 aromatic carbocycles. The molecule has 0 bridgehead atoms. The summed E-state index contributed by atoms with van der Waals surface area (Å²) in [6.45, 7) is 9.67. The molecule has 0 unspecified atom stereocenters. The van der Waals surface area contributed by atoms with Gasteiger partial charge in [-0.1, -0.05) is 6.07 Å². The number of nitrogens with zero attached hydrogens (tertiary/aromatic N) is 8. The summed E-state index contributed by atoms with van der Waals surface area (Å²) in [7, 11) is 0. The first-order valence-electron chi connectivity index (χ1n) is 10.6. The molecule has 0 amide bonds. The lowest BCUT2D eigenvalue weighted by Crippen LogP contribution is -2.54. The van der Waals surface area contributed by atoms with Gasteiger partial charge in [-0.05, 0) is 39.8 Å². The summed E-state index contributed by atoms with van der Waals surface area (Å²) in [5, 5.41) is 27.2. The first-order chi connectivity index (χ1) is 15.4. The molecule has 0 radical (unpaired) electrons. The molecular weight excluding hydrogens is 406 g/mol. The van der Waals surface area contributed by atoms with Crippen LogP contribution in [0.1, 0.15) is 25.4 Å². The lowest BCUT2D eigenvalue weighted by Gasteiger charge is -2.35. The van der Waals surface area contributed by atoms with E-state index in [2.05, 4.69) is 54.3 Å². The van der Waals surface area contributed by atoms with Gasteiger partial charge in [-0.3, -0.25) is 0 Å². The summed E-state index contributed by atoms with van der Waals surface area (Å²) >= 11 is 0. The minimum Gasteiger partial charge on any atom is -0.507 e. The Morgan fingerprint density at radius 2 is 1.81 bits per heavy atom. The molecule has 2 atom stereocenters. The van der Waals surface area contributed by atoms with E-state index in [1.165, 1.54) is 0 Å². The number of rotatable bonds is 3. The molecule has 0 aliphatic carbocycles. The first-order valence-corrected chi connectivity index (χ1v) is 10.6. The molecule has 164 valence electrons. The maximum absolute atomic E-state index is 10.7. The van der Waals surface area contributed by atoms with Crippen LogP contribution in [-0.4, -0.2) is 65.0 Å². The molecule has 4 heterocycles. The fourth-order valence-electron chi connectivity index (χ4n) is 4.22. The molecule has 1 fully saturated rings. The molecule has 3 aromatic heterocycles. The number of phenolic OH excluding ortho intramolecular Hbond substituents is 1. The molecule has 4 aromatic rings. The highest BCUT2D eigenvalue weighted by Crippen LogP contribution is 2.32. The Bertz CT molecular complexity index is 1270. The predicted molar refractivity (Wildman–Crippen MR) is 120 cm³/mol. The van der Waals surface area contributed by atoms with Crippen LogP contribution < -0.4 is 10.2 Å². The van der Waals surface area contributed by atoms with Crippen molar-refractivity contribution in [3.8, 4) is 28.3 Å². The minimum atomic E-state index is 0.0880. The predicted octanol–water partition coefficient (Wildman–Crippen LogP) is 2.15. The zero-order valence-electron chi connectivity index (χ0n) is 18.5. The Morgan fingerprint density at radius 1 is 1.03 bits per heavy atom. The Hall–Kier alpha value is -3.66. The molecule has 10 heteroatoms. The zero-order valence-corrected chi connectivity index (χ0v) is 18.5. The molecule has 2 N–H and O–H groups in total. The van der Waals surface area contributed by atoms with Crippen molar-refractivity contribution in [2.75, 3.05) is 18.0 Å². The van der Waals surface area contributed by atoms with Crippen LogP contribution >= 0.6 is 0 Å². The molecule has 1 aliphatic heterocycles. The summed E-state index contributed by atoms with van der Waals surface area (Å²) in [6.07, 6.45) is 3.46. The van der Waals surface area contributed by atoms with Crippen LogP contribution in [0.3, 0.4) is 0 Å². The van der Waals surface area contributed by atoms with E-state index in [1.54, 1.807) is 22.8 Å². The summed E-state index contributed by atoms with van der Waals surface area (Å²) < 4.78 is 1.71. The number of phenols is 1. The van der Waals surface area contributed by atoms with Crippen LogP contribution in [0.4, 0.5) is 5.95 Å². The average Bonchev–Trinajstić information content (AvgIpc) is 3.14. The third-order valence-corrected chi connectivity index (χ3v) is 5.55. The Morgan fingerprint density at radius 3 is 2.50 bits per heavy atom. The van der Waals surface area contributed by atoms with Crippen molar-refractivity contribution < 1.29 is 5.11 Å². The number of hydrogen-bond acceptors (Lipinski definition) is 9. The van der Waals surface area contributed by atoms with E-state index in [1.807, 2.05) is 26.1 Å². The van der Waals surface area contributed by atoms with Gasteiger partial charge in [-0.25, -0.2) is 19.5 Å². The molecule has 32 heavy (non-hydrogen) atoms. The summed E-state index contributed by atoms with van der Waals surface area (Å²) in [5.74, 6) is 1.37. The topological polar surface area (TPSA) is 117 Å². The van der Waals surface area contributed by atoms with Gasteiger partial charge >= 0.3 is 0 Å². The molecule has 0 spiro atoms. The third kappa shape index (κ3) is 3.73. The maximum atomic E-state index is 10.7. The molecule has 1 aliphatic rings. The van der Waals surface area contributed by atoms with Crippen LogP contribution in [0.2, 0.25) is 0 Å². The van der Waals surface area contributed by atoms with Crippen molar-refractivity contribution >= 4 is 11.6 Å². The van der Waals surface area contributed by atoms with Crippen molar-refractivity contribution in [1.29, 1.82) is 0 Å². The summed E-state index contributed by atoms with van der Waals surface area (Å²) in [6, 6.07) is 6.08. The molecule has 0 saturated carbocycles. The van der Waals surface area contributed by atoms with E-state index in [-0.39, 0.29) is 5.75 Å². The van der Waals surface area contributed by atoms with Crippen molar-refractivity contribution in [1.82, 2.24) is 40.1 Å². The normalized spacial score (nSPS) is 18.9. The zero-order chi connectivity index (χ0) is 22.4. The van der Waals surface area contributed by atoms with Crippen LogP contribution in [0.15, 0.2) is 30.6 Å². The fourth-order valence-corrected chi connectivity index (χ4v) is 4.22. The highest BCUT2D eigenvalue weighted by Gasteiger charge is 2.23. The van der Waals surface area contributed by atoms with E-state index in [4.69, 9.17) is 0 Å². The number of aromatic nitrogens is 7. The third-order valence-electron chi connectivity index (χ3n) is 5.55. The lowest BCUT2D eigenvalue weighted by molar-refractivity contribution is 0.402. The summed E-state index contributed by atoms with van der Waals surface area (Å²) in [4.78, 5) is 15.6. The molecular formula is C22H25N9O. The van der Waals surface area contributed by atoms with Crippen molar-refractivity contribution in [2.45, 2.75) is 39.8 Å². The fraction of sp³-hybridized carbons (Fsp3) is 0.364. The van der Waals surface area contributed by atoms with Gasteiger partial charge in [0.1, 0.15) is 17.3 Å². The smallest absolute Gasteiger partial charge is 0.245 e. The number of benzene rings is 1. The second-order valence-corrected chi connectivity index (χ2v) is 8.39. The second kappa shape index (κ2) is 7.79. The summed E-state index contributed by atoms with van der Waals surface area (Å²) in [5.41, 5.74) is 4.04. The Kier molecular flexibility index (Phi) is 4.93. The van der Waals surface area contributed by atoms with E-state index < -0.39 is 0 Å². The SMILES string of the molecule is Cc1nc2c(C)nc(-c3ccc(-c4cnc(N5C[C@@H](C)N[C@@H](C)C5)nn4)c(O)c3)cn2n1. The number of anilines is 1. The van der Waals surface area contributed by atoms with Gasteiger partial charge in [-0.2, -0.15) is 5.10 Å². The van der Waals surface area contributed by atoms with Crippen LogP contribution in [-0.2, 0) is 0 Å². The van der Waals surface area contributed by atoms with Gasteiger partial charge < -0.3 is 15.3 Å². The van der Waals surface area contributed by atoms with Crippen molar-refractivity contribution in [3.05, 3.63) is 42.1 Å². The van der Waals surface area contributed by atoms with E-state index >= 15 is 0 Å². The maximum Gasteiger partial charge on any atom is 0.245 e. The van der Waals surface area contributed by atoms with Gasteiger partial charge in [0.15, 0.2) is 5.65 Å². The number of nitrogens with one attached hydrogen (secondary N) is 1. The standard InChI is InChI=1S/C22H25N9O/c1-12-9-30(10-13(2)24-12)22-23-8-18(27-28-22)17-6-5-16(7-20(17)32)19-11-31-21(14(3)25-19)26-15(4)29-31/h5-8,11-13,24,32H,9-10H2,1-4H3/t12-,13+. The number of hydrogen-bond donors (Lipinski definition) is 2. The van der Waals surface area contributed by atoms with Gasteiger partial charge in [0.2, 0.25) is 5.95 Å². The molecule has 1 saturated heterocycles. The van der Waals surface area contributed by atoms with Crippen molar-refractivity contribution in [3.63, 3.8) is 0 Å². The second-order valence-electron chi connectivity index (χ2n) is 8.39. The van der Waals surface area contributed by atoms with Crippen LogP contribution in [0, 0.1) is 13.8 Å². The lowest BCUT2D eigenvalue weighted by atomic mass is 10.1. The quantitative estimate of drug-likeness (QED) is 0.503. The number of aromatic hydroxyl groups is 1.